The largest absolute Gasteiger partial charge is 0.416 e. The summed E-state index contributed by atoms with van der Waals surface area (Å²) in [5.41, 5.74) is 2.09. The molecule has 1 aliphatic heterocycles. The lowest BCUT2D eigenvalue weighted by Crippen LogP contribution is -2.47. The van der Waals surface area contributed by atoms with Gasteiger partial charge < -0.3 is 9.53 Å². The Kier molecular flexibility index (Phi) is 10.3. The van der Waals surface area contributed by atoms with Gasteiger partial charge in [-0.2, -0.15) is 13.2 Å². The van der Waals surface area contributed by atoms with Crippen molar-refractivity contribution in [1.29, 1.82) is 0 Å². The molecule has 2 rings (SSSR count). The fourth-order valence-corrected chi connectivity index (χ4v) is 11.7. The van der Waals surface area contributed by atoms with Crippen LogP contribution in [0.1, 0.15) is 91.0 Å². The highest BCUT2D eigenvalue weighted by Gasteiger charge is 2.45. The lowest BCUT2D eigenvalue weighted by Gasteiger charge is -2.43. The summed E-state index contributed by atoms with van der Waals surface area (Å²) in [5, 5.41) is 9.54. The predicted molar refractivity (Wildman–Crippen MR) is 136 cm³/mol. The molecule has 0 radical (unpaired) electrons. The Morgan fingerprint density at radius 3 is 1.91 bits per heavy atom. The number of aliphatic hydroxyl groups excluding tert-OH is 1. The van der Waals surface area contributed by atoms with Crippen molar-refractivity contribution in [2.24, 2.45) is 11.8 Å². The predicted octanol–water partition coefficient (Wildman–Crippen LogP) is 7.80. The molecule has 196 valence electrons. The van der Waals surface area contributed by atoms with E-state index < -0.39 is 20.1 Å². The zero-order valence-corrected chi connectivity index (χ0v) is 23.4. The lowest BCUT2D eigenvalue weighted by atomic mass is 9.87. The Balaban J connectivity index is 2.50. The Labute approximate surface area is 206 Å². The molecule has 1 fully saturated rings. The van der Waals surface area contributed by atoms with Gasteiger partial charge >= 0.3 is 6.18 Å². The van der Waals surface area contributed by atoms with Crippen LogP contribution >= 0.6 is 0 Å². The van der Waals surface area contributed by atoms with E-state index in [1.165, 1.54) is 12.1 Å². The van der Waals surface area contributed by atoms with Crippen LogP contribution in [0.25, 0.3) is 0 Å². The van der Waals surface area contributed by atoms with E-state index in [9.17, 15) is 18.3 Å². The van der Waals surface area contributed by atoms with E-state index in [1.54, 1.807) is 6.07 Å². The molecule has 1 aromatic rings. The van der Waals surface area contributed by atoms with Crippen LogP contribution in [0.4, 0.5) is 13.2 Å². The summed E-state index contributed by atoms with van der Waals surface area (Å²) >= 11 is 0. The Bertz CT molecular complexity index is 750. The number of alkyl halides is 3. The number of nitrogens with zero attached hydrogens (tertiary/aromatic N) is 1. The van der Waals surface area contributed by atoms with Gasteiger partial charge in [0, 0.05) is 12.6 Å². The molecule has 0 aliphatic carbocycles. The molecule has 0 amide bonds. The van der Waals surface area contributed by atoms with Crippen LogP contribution in [-0.4, -0.2) is 38.0 Å². The molecular weight excluding hydrogens is 455 g/mol. The zero-order valence-electron chi connectivity index (χ0n) is 22.4. The van der Waals surface area contributed by atoms with Crippen molar-refractivity contribution in [2.75, 3.05) is 19.7 Å². The Morgan fingerprint density at radius 1 is 0.971 bits per heavy atom. The molecule has 0 spiro atoms. The highest BCUT2D eigenvalue weighted by Crippen LogP contribution is 2.44. The van der Waals surface area contributed by atoms with E-state index >= 15 is 0 Å². The summed E-state index contributed by atoms with van der Waals surface area (Å²) < 4.78 is 47.8. The fourth-order valence-electron chi connectivity index (χ4n) is 6.29. The van der Waals surface area contributed by atoms with Crippen LogP contribution in [0.3, 0.4) is 0 Å². The SMILES string of the molecule is CC(C)C(c1ccc(C(F)(F)F)cc1CO[Si](C(C)C)(C(C)C)C(C)C)N1CCC(CO)CC1. The number of likely N-dealkylation sites (tertiary alicyclic amines) is 1. The number of aliphatic hydroxyl groups is 1. The van der Waals surface area contributed by atoms with Crippen molar-refractivity contribution in [3.63, 3.8) is 0 Å². The van der Waals surface area contributed by atoms with Gasteiger partial charge in [-0.1, -0.05) is 61.5 Å². The molecule has 1 saturated heterocycles. The maximum absolute atomic E-state index is 13.7. The van der Waals surface area contributed by atoms with Gasteiger partial charge in [0.1, 0.15) is 0 Å². The molecule has 0 saturated carbocycles. The van der Waals surface area contributed by atoms with Gasteiger partial charge in [0.15, 0.2) is 0 Å². The average Bonchev–Trinajstić information content (AvgIpc) is 2.73. The molecule has 7 heteroatoms. The number of rotatable bonds is 10. The molecule has 34 heavy (non-hydrogen) atoms. The minimum absolute atomic E-state index is 0.0220. The molecule has 1 N–H and O–H groups in total. The van der Waals surface area contributed by atoms with Gasteiger partial charge in [0.25, 0.3) is 0 Å². The smallest absolute Gasteiger partial charge is 0.412 e. The first-order valence-electron chi connectivity index (χ1n) is 12.9. The van der Waals surface area contributed by atoms with Gasteiger partial charge in [0.05, 0.1) is 12.2 Å². The standard InChI is InChI=1S/C27H46F3NO2Si/c1-18(2)26(31-13-11-22(16-32)12-14-31)25-10-9-24(27(28,29)30)15-23(25)17-33-34(19(3)4,20(5)6)21(7)8/h9-10,15,18-22,26,32H,11-14,16-17H2,1-8H3. The van der Waals surface area contributed by atoms with Gasteiger partial charge in [-0.25, -0.2) is 0 Å². The third kappa shape index (κ3) is 6.45. The van der Waals surface area contributed by atoms with Crippen LogP contribution < -0.4 is 0 Å². The summed E-state index contributed by atoms with van der Waals surface area (Å²) in [7, 11) is -2.23. The fraction of sp³-hybridized carbons (Fsp3) is 0.778. The summed E-state index contributed by atoms with van der Waals surface area (Å²) in [4.78, 5) is 2.39. The van der Waals surface area contributed by atoms with E-state index in [2.05, 4.69) is 60.3 Å². The molecule has 0 bridgehead atoms. The van der Waals surface area contributed by atoms with Crippen LogP contribution in [0.2, 0.25) is 16.6 Å². The monoisotopic (exact) mass is 501 g/mol. The number of hydrogen-bond donors (Lipinski definition) is 1. The minimum atomic E-state index is -4.39. The van der Waals surface area contributed by atoms with E-state index in [4.69, 9.17) is 4.43 Å². The van der Waals surface area contributed by atoms with Crippen molar-refractivity contribution < 1.29 is 22.7 Å². The van der Waals surface area contributed by atoms with Gasteiger partial charge in [-0.05, 0) is 77.7 Å². The van der Waals surface area contributed by atoms with Crippen molar-refractivity contribution in [3.05, 3.63) is 34.9 Å². The zero-order chi connectivity index (χ0) is 25.8. The highest BCUT2D eigenvalue weighted by atomic mass is 28.4. The molecular formula is C27H46F3NO2Si. The molecule has 3 nitrogen and oxygen atoms in total. The minimum Gasteiger partial charge on any atom is -0.412 e. The number of hydrogen-bond acceptors (Lipinski definition) is 3. The summed E-state index contributed by atoms with van der Waals surface area (Å²) in [6.07, 6.45) is -2.56. The summed E-state index contributed by atoms with van der Waals surface area (Å²) in [6, 6.07) is 4.26. The van der Waals surface area contributed by atoms with Crippen LogP contribution in [0.5, 0.6) is 0 Å². The Morgan fingerprint density at radius 2 is 1.50 bits per heavy atom. The molecule has 1 aromatic carbocycles. The first-order chi connectivity index (χ1) is 15.7. The third-order valence-corrected chi connectivity index (χ3v) is 14.0. The summed E-state index contributed by atoms with van der Waals surface area (Å²) in [6.45, 7) is 19.6. The van der Waals surface area contributed by atoms with E-state index in [0.29, 0.717) is 28.1 Å². The van der Waals surface area contributed by atoms with Crippen molar-refractivity contribution >= 4 is 8.32 Å². The average molecular weight is 502 g/mol. The van der Waals surface area contributed by atoms with Crippen molar-refractivity contribution in [3.8, 4) is 0 Å². The second-order valence-electron chi connectivity index (χ2n) is 11.4. The second-order valence-corrected chi connectivity index (χ2v) is 16.8. The molecule has 1 aliphatic rings. The quantitative estimate of drug-likeness (QED) is 0.332. The van der Waals surface area contributed by atoms with Crippen LogP contribution in [0, 0.1) is 11.8 Å². The van der Waals surface area contributed by atoms with Gasteiger partial charge in [-0.3, -0.25) is 4.90 Å². The van der Waals surface area contributed by atoms with E-state index in [1.807, 2.05) is 0 Å². The highest BCUT2D eigenvalue weighted by molar-refractivity contribution is 6.77. The molecule has 0 aromatic heterocycles. The number of piperidine rings is 1. The van der Waals surface area contributed by atoms with Crippen LogP contribution in [-0.2, 0) is 17.2 Å². The second kappa shape index (κ2) is 11.9. The molecule has 1 unspecified atom stereocenters. The molecule has 1 atom stereocenters. The third-order valence-electron chi connectivity index (χ3n) is 7.91. The Hall–Kier alpha value is -0.893. The number of benzene rings is 1. The normalized spacial score (nSPS) is 18.0. The van der Waals surface area contributed by atoms with Crippen molar-refractivity contribution in [1.82, 2.24) is 4.90 Å². The van der Waals surface area contributed by atoms with Crippen molar-refractivity contribution in [2.45, 2.75) is 104 Å². The first kappa shape index (κ1) is 29.3. The number of halogens is 3. The van der Waals surface area contributed by atoms with E-state index in [-0.39, 0.29) is 25.2 Å². The first-order valence-corrected chi connectivity index (χ1v) is 15.1. The van der Waals surface area contributed by atoms with E-state index in [0.717, 1.165) is 31.5 Å². The van der Waals surface area contributed by atoms with Gasteiger partial charge in [0.2, 0.25) is 8.32 Å². The lowest BCUT2D eigenvalue weighted by molar-refractivity contribution is -0.137. The summed E-state index contributed by atoms with van der Waals surface area (Å²) in [5.74, 6) is 0.553. The van der Waals surface area contributed by atoms with Crippen LogP contribution in [0.15, 0.2) is 18.2 Å². The topological polar surface area (TPSA) is 32.7 Å². The van der Waals surface area contributed by atoms with Gasteiger partial charge in [-0.15, -0.1) is 0 Å². The maximum Gasteiger partial charge on any atom is 0.416 e. The molecule has 1 heterocycles. The maximum atomic E-state index is 13.7.